The zero-order valence-electron chi connectivity index (χ0n) is 15.0. The maximum Gasteiger partial charge on any atom is 0.266 e. The largest absolute Gasteiger partial charge is 0.326 e. The van der Waals surface area contributed by atoms with E-state index in [9.17, 15) is 9.59 Å². The number of amides is 2. The maximum atomic E-state index is 12.7. The van der Waals surface area contributed by atoms with E-state index in [-0.39, 0.29) is 18.2 Å². The van der Waals surface area contributed by atoms with E-state index >= 15 is 0 Å². The van der Waals surface area contributed by atoms with Crippen molar-refractivity contribution in [1.82, 2.24) is 4.90 Å². The van der Waals surface area contributed by atoms with Crippen molar-refractivity contribution in [2.24, 2.45) is 0 Å². The Morgan fingerprint density at radius 3 is 2.59 bits per heavy atom. The Bertz CT molecular complexity index is 994. The molecule has 1 aliphatic rings. The van der Waals surface area contributed by atoms with Gasteiger partial charge in [0, 0.05) is 23.7 Å². The van der Waals surface area contributed by atoms with Crippen LogP contribution in [0.3, 0.4) is 0 Å². The van der Waals surface area contributed by atoms with Gasteiger partial charge in [0.25, 0.3) is 5.91 Å². The van der Waals surface area contributed by atoms with Gasteiger partial charge in [0.2, 0.25) is 5.91 Å². The summed E-state index contributed by atoms with van der Waals surface area (Å²) in [5.74, 6) is -0.340. The molecule has 0 aromatic heterocycles. The first-order valence-electron chi connectivity index (χ1n) is 8.60. The topological polar surface area (TPSA) is 49.4 Å². The van der Waals surface area contributed by atoms with Gasteiger partial charge in [-0.05, 0) is 48.4 Å². The number of carbonyl (C=O) groups is 2. The smallest absolute Gasteiger partial charge is 0.266 e. The second kappa shape index (κ2) is 9.96. The molecule has 1 saturated heterocycles. The van der Waals surface area contributed by atoms with E-state index in [0.29, 0.717) is 48.5 Å². The van der Waals surface area contributed by atoms with Crippen LogP contribution in [-0.2, 0) is 9.59 Å². The number of nitrogens with one attached hydrogen (secondary N) is 1. The Hall–Kier alpha value is -1.57. The monoisotopic (exact) mass is 484 g/mol. The van der Waals surface area contributed by atoms with E-state index in [0.717, 1.165) is 0 Å². The highest BCUT2D eigenvalue weighted by Crippen LogP contribution is 2.35. The van der Waals surface area contributed by atoms with Gasteiger partial charge in [0.05, 0.1) is 15.0 Å². The first-order chi connectivity index (χ1) is 13.8. The van der Waals surface area contributed by atoms with Gasteiger partial charge in [-0.15, -0.1) is 0 Å². The summed E-state index contributed by atoms with van der Waals surface area (Å²) in [7, 11) is 0. The van der Waals surface area contributed by atoms with Crippen LogP contribution in [0, 0.1) is 0 Å². The Morgan fingerprint density at radius 2 is 1.86 bits per heavy atom. The molecule has 150 valence electrons. The Labute approximate surface area is 193 Å². The molecule has 2 amide bonds. The van der Waals surface area contributed by atoms with Crippen molar-refractivity contribution >= 4 is 86.7 Å². The average Bonchev–Trinajstić information content (AvgIpc) is 2.94. The summed E-state index contributed by atoms with van der Waals surface area (Å²) < 4.78 is 0.456. The third kappa shape index (κ3) is 5.74. The molecule has 0 unspecified atom stereocenters. The van der Waals surface area contributed by atoms with Crippen LogP contribution in [0.4, 0.5) is 5.69 Å². The van der Waals surface area contributed by atoms with Gasteiger partial charge in [0.1, 0.15) is 4.32 Å². The van der Waals surface area contributed by atoms with Crippen molar-refractivity contribution in [3.63, 3.8) is 0 Å². The lowest BCUT2D eigenvalue weighted by Gasteiger charge is -2.14. The van der Waals surface area contributed by atoms with Crippen LogP contribution in [0.1, 0.15) is 18.4 Å². The molecule has 2 aromatic carbocycles. The molecule has 2 aromatic rings. The predicted molar refractivity (Wildman–Crippen MR) is 126 cm³/mol. The molecule has 3 rings (SSSR count). The zero-order valence-corrected chi connectivity index (χ0v) is 18.9. The summed E-state index contributed by atoms with van der Waals surface area (Å²) in [6, 6.07) is 12.1. The van der Waals surface area contributed by atoms with Gasteiger partial charge in [0.15, 0.2) is 0 Å². The molecule has 1 N–H and O–H groups in total. The predicted octanol–water partition coefficient (Wildman–Crippen LogP) is 6.27. The van der Waals surface area contributed by atoms with E-state index in [1.165, 1.54) is 16.7 Å². The average molecular weight is 486 g/mol. The third-order valence-electron chi connectivity index (χ3n) is 4.06. The highest BCUT2D eigenvalue weighted by atomic mass is 35.5. The van der Waals surface area contributed by atoms with Gasteiger partial charge >= 0.3 is 0 Å². The van der Waals surface area contributed by atoms with Crippen molar-refractivity contribution in [2.45, 2.75) is 12.8 Å². The lowest BCUT2D eigenvalue weighted by molar-refractivity contribution is -0.122. The van der Waals surface area contributed by atoms with E-state index in [4.69, 9.17) is 47.0 Å². The zero-order chi connectivity index (χ0) is 21.0. The van der Waals surface area contributed by atoms with Crippen LogP contribution in [0.2, 0.25) is 15.1 Å². The normalized spacial score (nSPS) is 15.3. The Kier molecular flexibility index (Phi) is 7.60. The summed E-state index contributed by atoms with van der Waals surface area (Å²) in [6.07, 6.45) is 2.43. The third-order valence-corrected chi connectivity index (χ3v) is 6.52. The maximum absolute atomic E-state index is 12.7. The number of hydrogen-bond donors (Lipinski definition) is 1. The molecule has 0 spiro atoms. The number of thioether (sulfide) groups is 1. The van der Waals surface area contributed by atoms with Crippen LogP contribution in [-0.4, -0.2) is 27.6 Å². The molecule has 1 heterocycles. The molecular weight excluding hydrogens is 471 g/mol. The molecule has 0 bridgehead atoms. The molecule has 9 heteroatoms. The number of rotatable bonds is 6. The summed E-state index contributed by atoms with van der Waals surface area (Å²) in [5, 5.41) is 4.20. The number of nitrogens with zero attached hydrogens (tertiary/aromatic N) is 1. The molecule has 1 fully saturated rings. The lowest BCUT2D eigenvalue weighted by atomic mass is 10.2. The van der Waals surface area contributed by atoms with E-state index in [1.54, 1.807) is 48.5 Å². The Morgan fingerprint density at radius 1 is 1.14 bits per heavy atom. The molecule has 1 aliphatic heterocycles. The summed E-state index contributed by atoms with van der Waals surface area (Å²) in [6.45, 7) is 0.360. The van der Waals surface area contributed by atoms with Crippen LogP contribution in [0.5, 0.6) is 0 Å². The van der Waals surface area contributed by atoms with Crippen molar-refractivity contribution in [3.8, 4) is 0 Å². The molecule has 0 aliphatic carbocycles. The van der Waals surface area contributed by atoms with Gasteiger partial charge in [-0.3, -0.25) is 14.5 Å². The van der Waals surface area contributed by atoms with Crippen LogP contribution < -0.4 is 5.32 Å². The molecule has 4 nitrogen and oxygen atoms in total. The quantitative estimate of drug-likeness (QED) is 0.387. The summed E-state index contributed by atoms with van der Waals surface area (Å²) in [5.41, 5.74) is 1.33. The molecule has 0 radical (unpaired) electrons. The van der Waals surface area contributed by atoms with Crippen LogP contribution >= 0.6 is 58.8 Å². The number of carbonyl (C=O) groups excluding carboxylic acids is 2. The standard InChI is InChI=1S/C20H15Cl3N2O2S2/c21-13-6-8-14(9-7-13)24-17(26)5-2-10-25-19(27)16(29-20(25)28)11-12-3-1-4-15(22)18(12)23/h1,3-4,6-9,11H,2,5,10H2,(H,24,26)/b16-11-. The van der Waals surface area contributed by atoms with Gasteiger partial charge in [-0.2, -0.15) is 0 Å². The second-order valence-electron chi connectivity index (χ2n) is 6.14. The van der Waals surface area contributed by atoms with Crippen LogP contribution in [0.25, 0.3) is 6.08 Å². The highest BCUT2D eigenvalue weighted by molar-refractivity contribution is 8.26. The fraction of sp³-hybridized carbons (Fsp3) is 0.150. The van der Waals surface area contributed by atoms with Gasteiger partial charge < -0.3 is 5.32 Å². The number of anilines is 1. The first-order valence-corrected chi connectivity index (χ1v) is 11.0. The van der Waals surface area contributed by atoms with Gasteiger partial charge in [-0.25, -0.2) is 0 Å². The first kappa shape index (κ1) is 22.1. The minimum absolute atomic E-state index is 0.140. The van der Waals surface area contributed by atoms with Crippen molar-refractivity contribution in [1.29, 1.82) is 0 Å². The lowest BCUT2D eigenvalue weighted by Crippen LogP contribution is -2.29. The molecule has 29 heavy (non-hydrogen) atoms. The minimum Gasteiger partial charge on any atom is -0.326 e. The fourth-order valence-corrected chi connectivity index (χ4v) is 4.41. The Balaban J connectivity index is 1.56. The van der Waals surface area contributed by atoms with Crippen molar-refractivity contribution in [3.05, 3.63) is 68.0 Å². The number of hydrogen-bond acceptors (Lipinski definition) is 4. The fourth-order valence-electron chi connectivity index (χ4n) is 2.62. The molecular formula is C20H15Cl3N2O2S2. The second-order valence-corrected chi connectivity index (χ2v) is 9.03. The highest BCUT2D eigenvalue weighted by Gasteiger charge is 2.31. The van der Waals surface area contributed by atoms with Crippen molar-refractivity contribution < 1.29 is 9.59 Å². The summed E-state index contributed by atoms with van der Waals surface area (Å²) in [4.78, 5) is 26.7. The number of benzene rings is 2. The number of halogens is 3. The van der Waals surface area contributed by atoms with Gasteiger partial charge in [-0.1, -0.05) is 70.9 Å². The van der Waals surface area contributed by atoms with Crippen molar-refractivity contribution in [2.75, 3.05) is 11.9 Å². The minimum atomic E-state index is -0.200. The SMILES string of the molecule is O=C(CCCN1C(=O)/C(=C/c2cccc(Cl)c2Cl)SC1=S)Nc1ccc(Cl)cc1. The van der Waals surface area contributed by atoms with E-state index < -0.39 is 0 Å². The van der Waals surface area contributed by atoms with E-state index in [2.05, 4.69) is 5.32 Å². The summed E-state index contributed by atoms with van der Waals surface area (Å²) >= 11 is 24.6. The van der Waals surface area contributed by atoms with E-state index in [1.807, 2.05) is 0 Å². The molecule has 0 atom stereocenters. The van der Waals surface area contributed by atoms with Crippen LogP contribution in [0.15, 0.2) is 47.4 Å². The molecule has 0 saturated carbocycles. The number of thiocarbonyl (C=S) groups is 1.